The molecule has 172 valence electrons. The van der Waals surface area contributed by atoms with Gasteiger partial charge >= 0.3 is 6.09 Å². The lowest BCUT2D eigenvalue weighted by molar-refractivity contribution is -0.174. The molecular weight excluding hydrogens is 416 g/mol. The van der Waals surface area contributed by atoms with E-state index in [9.17, 15) is 19.2 Å². The van der Waals surface area contributed by atoms with Gasteiger partial charge in [-0.3, -0.25) is 19.3 Å². The summed E-state index contributed by atoms with van der Waals surface area (Å²) in [6.45, 7) is 6.90. The Hall–Kier alpha value is -2.98. The van der Waals surface area contributed by atoms with E-state index in [1.54, 1.807) is 0 Å². The van der Waals surface area contributed by atoms with Gasteiger partial charge in [-0.25, -0.2) is 4.79 Å². The van der Waals surface area contributed by atoms with Crippen molar-refractivity contribution in [1.29, 1.82) is 0 Å². The van der Waals surface area contributed by atoms with Crippen LogP contribution in [0.5, 0.6) is 0 Å². The number of hydrogen-bond donors (Lipinski definition) is 0. The number of carbonyl (C=O) groups excluding carboxylic acids is 4. The van der Waals surface area contributed by atoms with Crippen LogP contribution in [0.1, 0.15) is 34.3 Å². The molecule has 4 rings (SSSR count). The third-order valence-corrected chi connectivity index (χ3v) is 5.99. The van der Waals surface area contributed by atoms with E-state index in [-0.39, 0.29) is 18.7 Å². The average molecular weight is 444 g/mol. The van der Waals surface area contributed by atoms with Crippen molar-refractivity contribution in [3.8, 4) is 0 Å². The maximum absolute atomic E-state index is 13.1. The van der Waals surface area contributed by atoms with Gasteiger partial charge in [-0.1, -0.05) is 17.7 Å². The molecule has 3 fully saturated rings. The van der Waals surface area contributed by atoms with E-state index in [0.717, 1.165) is 11.1 Å². The highest BCUT2D eigenvalue weighted by Crippen LogP contribution is 2.19. The lowest BCUT2D eigenvalue weighted by Crippen LogP contribution is -2.50. The molecule has 3 saturated heterocycles. The number of hydroxylamine groups is 2. The Balaban J connectivity index is 1.35. The zero-order chi connectivity index (χ0) is 22.7. The standard InChI is InChI=1S/C22H28N4O6/c1-16-2-3-18(21(29)24-10-12-31-13-11-24)17(14-16)15-23-6-8-25(9-7-23)22(30)32-26-19(27)4-5-20(26)28/h2-3,14H,4-13,15H2,1H3. The number of benzene rings is 1. The van der Waals surface area contributed by atoms with Gasteiger partial charge in [0.25, 0.3) is 17.7 Å². The van der Waals surface area contributed by atoms with Crippen LogP contribution in [0.2, 0.25) is 0 Å². The summed E-state index contributed by atoms with van der Waals surface area (Å²) >= 11 is 0. The second kappa shape index (κ2) is 9.66. The first-order chi connectivity index (χ1) is 15.4. The topological polar surface area (TPSA) is 99.7 Å². The number of nitrogens with zero attached hydrogens (tertiary/aromatic N) is 4. The minimum absolute atomic E-state index is 0.0189. The molecular formula is C22H28N4O6. The van der Waals surface area contributed by atoms with E-state index in [0.29, 0.717) is 69.7 Å². The molecule has 10 nitrogen and oxygen atoms in total. The molecule has 4 amide bonds. The number of aryl methyl sites for hydroxylation is 1. The molecule has 0 unspecified atom stereocenters. The molecule has 32 heavy (non-hydrogen) atoms. The molecule has 1 aromatic carbocycles. The summed E-state index contributed by atoms with van der Waals surface area (Å²) < 4.78 is 5.35. The van der Waals surface area contributed by atoms with Crippen LogP contribution in [-0.4, -0.2) is 96.1 Å². The van der Waals surface area contributed by atoms with Crippen LogP contribution >= 0.6 is 0 Å². The first kappa shape index (κ1) is 22.2. The van der Waals surface area contributed by atoms with Gasteiger partial charge in [0.1, 0.15) is 0 Å². The molecule has 3 aliphatic rings. The molecule has 0 spiro atoms. The summed E-state index contributed by atoms with van der Waals surface area (Å²) in [7, 11) is 0. The van der Waals surface area contributed by atoms with Gasteiger partial charge in [-0.2, -0.15) is 0 Å². The van der Waals surface area contributed by atoms with Gasteiger partial charge in [0, 0.05) is 64.2 Å². The molecule has 0 radical (unpaired) electrons. The number of piperazine rings is 1. The highest BCUT2D eigenvalue weighted by Gasteiger charge is 2.35. The number of amides is 4. The lowest BCUT2D eigenvalue weighted by atomic mass is 10.0. The summed E-state index contributed by atoms with van der Waals surface area (Å²) in [6.07, 6.45) is -0.545. The summed E-state index contributed by atoms with van der Waals surface area (Å²) in [5.74, 6) is -0.955. The van der Waals surface area contributed by atoms with Crippen molar-refractivity contribution >= 4 is 23.8 Å². The van der Waals surface area contributed by atoms with Crippen molar-refractivity contribution in [1.82, 2.24) is 19.8 Å². The van der Waals surface area contributed by atoms with Crippen molar-refractivity contribution in [2.45, 2.75) is 26.3 Å². The van der Waals surface area contributed by atoms with E-state index >= 15 is 0 Å². The molecule has 10 heteroatoms. The highest BCUT2D eigenvalue weighted by atomic mass is 16.7. The lowest BCUT2D eigenvalue weighted by Gasteiger charge is -2.35. The second-order valence-electron chi connectivity index (χ2n) is 8.27. The summed E-state index contributed by atoms with van der Waals surface area (Å²) in [6, 6.07) is 5.88. The highest BCUT2D eigenvalue weighted by molar-refractivity contribution is 6.01. The minimum atomic E-state index is -0.688. The molecule has 0 atom stereocenters. The van der Waals surface area contributed by atoms with Crippen molar-refractivity contribution in [3.63, 3.8) is 0 Å². The third-order valence-electron chi connectivity index (χ3n) is 5.99. The van der Waals surface area contributed by atoms with Crippen molar-refractivity contribution < 1.29 is 28.8 Å². The fraction of sp³-hybridized carbons (Fsp3) is 0.545. The predicted octanol–water partition coefficient (Wildman–Crippen LogP) is 0.786. The van der Waals surface area contributed by atoms with E-state index in [2.05, 4.69) is 4.90 Å². The monoisotopic (exact) mass is 444 g/mol. The number of morpholine rings is 1. The Morgan fingerprint density at radius 2 is 1.59 bits per heavy atom. The smallest absolute Gasteiger partial charge is 0.378 e. The molecule has 0 aromatic heterocycles. The van der Waals surface area contributed by atoms with Crippen molar-refractivity contribution in [3.05, 3.63) is 34.9 Å². The first-order valence-electron chi connectivity index (χ1n) is 10.9. The Bertz CT molecular complexity index is 890. The minimum Gasteiger partial charge on any atom is -0.378 e. The van der Waals surface area contributed by atoms with Crippen molar-refractivity contribution in [2.24, 2.45) is 0 Å². The molecule has 3 heterocycles. The van der Waals surface area contributed by atoms with Crippen LogP contribution in [0.4, 0.5) is 4.79 Å². The van der Waals surface area contributed by atoms with Gasteiger partial charge in [-0.15, -0.1) is 5.06 Å². The summed E-state index contributed by atoms with van der Waals surface area (Å²) in [5, 5.41) is 0.574. The third kappa shape index (κ3) is 4.91. The van der Waals surface area contributed by atoms with Gasteiger partial charge in [-0.05, 0) is 18.6 Å². The number of rotatable bonds is 4. The Morgan fingerprint density at radius 3 is 2.25 bits per heavy atom. The fourth-order valence-corrected chi connectivity index (χ4v) is 4.12. The molecule has 0 bridgehead atoms. The van der Waals surface area contributed by atoms with Crippen LogP contribution < -0.4 is 0 Å². The molecule has 0 aliphatic carbocycles. The normalized spacial score (nSPS) is 20.1. The first-order valence-corrected chi connectivity index (χ1v) is 10.9. The molecule has 0 N–H and O–H groups in total. The number of ether oxygens (including phenoxy) is 1. The Morgan fingerprint density at radius 1 is 0.938 bits per heavy atom. The second-order valence-corrected chi connectivity index (χ2v) is 8.27. The fourth-order valence-electron chi connectivity index (χ4n) is 4.12. The quantitative estimate of drug-likeness (QED) is 0.633. The number of imide groups is 1. The van der Waals surface area contributed by atoms with Crippen LogP contribution in [0.15, 0.2) is 18.2 Å². The Kier molecular flexibility index (Phi) is 6.71. The van der Waals surface area contributed by atoms with E-state index in [1.807, 2.05) is 30.0 Å². The van der Waals surface area contributed by atoms with Crippen LogP contribution in [-0.2, 0) is 25.7 Å². The zero-order valence-corrected chi connectivity index (χ0v) is 18.2. The maximum Gasteiger partial charge on any atom is 0.434 e. The van der Waals surface area contributed by atoms with Crippen molar-refractivity contribution in [2.75, 3.05) is 52.5 Å². The van der Waals surface area contributed by atoms with E-state index < -0.39 is 17.9 Å². The zero-order valence-electron chi connectivity index (χ0n) is 18.2. The molecule has 1 aromatic rings. The predicted molar refractivity (Wildman–Crippen MR) is 112 cm³/mol. The van der Waals surface area contributed by atoms with Crippen LogP contribution in [0.25, 0.3) is 0 Å². The number of hydrogen-bond acceptors (Lipinski definition) is 7. The largest absolute Gasteiger partial charge is 0.434 e. The van der Waals surface area contributed by atoms with E-state index in [1.165, 1.54) is 4.90 Å². The summed E-state index contributed by atoms with van der Waals surface area (Å²) in [5.41, 5.74) is 2.75. The summed E-state index contributed by atoms with van der Waals surface area (Å²) in [4.78, 5) is 59.2. The van der Waals surface area contributed by atoms with Gasteiger partial charge in [0.15, 0.2) is 0 Å². The molecule has 3 aliphatic heterocycles. The SMILES string of the molecule is Cc1ccc(C(=O)N2CCOCC2)c(CN2CCN(C(=O)ON3C(=O)CCC3=O)CC2)c1. The van der Waals surface area contributed by atoms with Gasteiger partial charge < -0.3 is 19.4 Å². The van der Waals surface area contributed by atoms with Gasteiger partial charge in [0.2, 0.25) is 0 Å². The van der Waals surface area contributed by atoms with Crippen LogP contribution in [0, 0.1) is 6.92 Å². The molecule has 0 saturated carbocycles. The number of carbonyl (C=O) groups is 4. The van der Waals surface area contributed by atoms with E-state index in [4.69, 9.17) is 9.57 Å². The Labute approximate surface area is 186 Å². The maximum atomic E-state index is 13.1. The average Bonchev–Trinajstić information content (AvgIpc) is 3.12. The van der Waals surface area contributed by atoms with Crippen LogP contribution in [0.3, 0.4) is 0 Å². The van der Waals surface area contributed by atoms with Gasteiger partial charge in [0.05, 0.1) is 13.2 Å².